The molecule has 0 bridgehead atoms. The summed E-state index contributed by atoms with van der Waals surface area (Å²) in [6.07, 6.45) is 0. The van der Waals surface area contributed by atoms with E-state index in [-0.39, 0.29) is 5.69 Å². The summed E-state index contributed by atoms with van der Waals surface area (Å²) >= 11 is -5.25. The number of aromatic hydroxyl groups is 1. The number of carboxylic acid groups (broad SMARTS) is 1. The Balaban J connectivity index is 0.000000202. The molecule has 0 atom stereocenters. The van der Waals surface area contributed by atoms with Gasteiger partial charge in [-0.1, -0.05) is 30.3 Å². The average Bonchev–Trinajstić information content (AvgIpc) is 2.60. The molecule has 0 spiro atoms. The smallest absolute Gasteiger partial charge is 0.335 e. The Morgan fingerprint density at radius 1 is 0.929 bits per heavy atom. The molecule has 0 heterocycles. The van der Waals surface area contributed by atoms with Crippen molar-refractivity contribution < 1.29 is 31.7 Å². The Hall–Kier alpha value is -3.06. The minimum atomic E-state index is -5.25. The molecule has 28 heavy (non-hydrogen) atoms. The van der Waals surface area contributed by atoms with Crippen molar-refractivity contribution in [2.45, 2.75) is 6.92 Å². The van der Waals surface area contributed by atoms with Gasteiger partial charge in [0.2, 0.25) is 0 Å². The molecule has 0 aliphatic carbocycles. The van der Waals surface area contributed by atoms with Crippen LogP contribution in [0.1, 0.15) is 17.3 Å². The van der Waals surface area contributed by atoms with Crippen LogP contribution in [0.3, 0.4) is 0 Å². The van der Waals surface area contributed by atoms with Crippen LogP contribution in [0.4, 0.5) is 5.69 Å². The zero-order chi connectivity index (χ0) is 20.9. The number of phenols is 1. The van der Waals surface area contributed by atoms with Gasteiger partial charge in [-0.05, 0) is 22.9 Å². The number of anilines is 1. The van der Waals surface area contributed by atoms with Gasteiger partial charge in [0, 0.05) is 0 Å². The number of phenolic OH excluding ortho intramolecular Hbond substituents is 1. The summed E-state index contributed by atoms with van der Waals surface area (Å²) in [4.78, 5) is 21.4. The average molecular weight is 447 g/mol. The SMILES string of the molecule is CC(=O)Nc1cccc(O)c1[As](=O)(O)O.O=C(O)c1ccc2ccccc2c1. The van der Waals surface area contributed by atoms with Crippen LogP contribution in [0.15, 0.2) is 60.7 Å². The number of carbonyl (C=O) groups is 2. The molecule has 0 saturated carbocycles. The number of hydrogen-bond acceptors (Lipinski definition) is 4. The largest absolute Gasteiger partial charge is 0.478 e. The van der Waals surface area contributed by atoms with Crippen molar-refractivity contribution in [3.8, 4) is 5.75 Å². The van der Waals surface area contributed by atoms with Gasteiger partial charge in [0.05, 0.1) is 5.56 Å². The summed E-state index contributed by atoms with van der Waals surface area (Å²) in [5, 5.41) is 22.3. The molecule has 0 fully saturated rings. The number of fused-ring (bicyclic) bond motifs is 1. The molecule has 0 saturated heterocycles. The Morgan fingerprint density at radius 2 is 1.57 bits per heavy atom. The topological polar surface area (TPSA) is 144 Å². The van der Waals surface area contributed by atoms with E-state index in [1.165, 1.54) is 19.1 Å². The van der Waals surface area contributed by atoms with Gasteiger partial charge in [-0.25, -0.2) is 4.79 Å². The predicted molar refractivity (Wildman–Crippen MR) is 104 cm³/mol. The third-order valence-corrected chi connectivity index (χ3v) is 5.82. The van der Waals surface area contributed by atoms with Crippen molar-refractivity contribution >= 4 is 46.9 Å². The zero-order valence-electron chi connectivity index (χ0n) is 14.7. The van der Waals surface area contributed by atoms with Gasteiger partial charge < -0.3 is 5.11 Å². The molecular weight excluding hydrogens is 429 g/mol. The normalized spacial score (nSPS) is 10.7. The maximum Gasteiger partial charge on any atom is 0.335 e. The van der Waals surface area contributed by atoms with Gasteiger partial charge >= 0.3 is 94.1 Å². The third kappa shape index (κ3) is 5.47. The van der Waals surface area contributed by atoms with Crippen LogP contribution in [-0.4, -0.2) is 44.5 Å². The molecule has 5 N–H and O–H groups in total. The maximum atomic E-state index is 11.1. The first-order valence-electron chi connectivity index (χ1n) is 7.97. The number of benzene rings is 3. The molecule has 0 aliphatic rings. The van der Waals surface area contributed by atoms with E-state index in [4.69, 9.17) is 13.3 Å². The van der Waals surface area contributed by atoms with E-state index in [0.29, 0.717) is 5.56 Å². The molecule has 8 nitrogen and oxygen atoms in total. The van der Waals surface area contributed by atoms with Crippen LogP contribution in [0.5, 0.6) is 5.75 Å². The maximum absolute atomic E-state index is 11.1. The van der Waals surface area contributed by atoms with E-state index in [9.17, 15) is 18.4 Å². The predicted octanol–water partition coefficient (Wildman–Crippen LogP) is 1.45. The van der Waals surface area contributed by atoms with Gasteiger partial charge in [-0.15, -0.1) is 0 Å². The Kier molecular flexibility index (Phi) is 6.64. The Labute approximate surface area is 163 Å². The number of rotatable bonds is 3. The van der Waals surface area contributed by atoms with E-state index >= 15 is 0 Å². The molecule has 9 heteroatoms. The molecule has 3 aromatic rings. The van der Waals surface area contributed by atoms with Crippen LogP contribution in [0.25, 0.3) is 10.8 Å². The molecule has 0 aliphatic heterocycles. The number of hydrogen-bond donors (Lipinski definition) is 5. The first kappa shape index (κ1) is 21.2. The quantitative estimate of drug-likeness (QED) is 0.382. The van der Waals surface area contributed by atoms with Gasteiger partial charge in [-0.2, -0.15) is 0 Å². The summed E-state index contributed by atoms with van der Waals surface area (Å²) in [6.45, 7) is 1.21. The number of nitrogens with one attached hydrogen (secondary N) is 1. The van der Waals surface area contributed by atoms with E-state index in [0.717, 1.165) is 16.8 Å². The number of amides is 1. The fourth-order valence-electron chi connectivity index (χ4n) is 2.45. The first-order chi connectivity index (χ1) is 13.1. The third-order valence-electron chi connectivity index (χ3n) is 3.61. The molecule has 0 radical (unpaired) electrons. The fraction of sp³-hybridized carbons (Fsp3) is 0.0526. The van der Waals surface area contributed by atoms with Crippen molar-refractivity contribution in [3.63, 3.8) is 0 Å². The standard InChI is InChI=1S/C11H8O2.C8H10AsNO5/c12-11(13)10-6-5-8-3-1-2-4-9(8)7-10;1-5(11)10-6-3-2-4-7(12)8(6)9(13,14)15/h1-7H,(H,12,13);2-4,12H,1H3,(H,10,11)(H2,13,14,15). The second kappa shape index (κ2) is 8.75. The van der Waals surface area contributed by atoms with Gasteiger partial charge in [0.1, 0.15) is 0 Å². The number of carboxylic acids is 1. The molecule has 3 rings (SSSR count). The minimum Gasteiger partial charge on any atom is -0.478 e. The monoisotopic (exact) mass is 447 g/mol. The Bertz CT molecular complexity index is 1070. The van der Waals surface area contributed by atoms with Gasteiger partial charge in [0.25, 0.3) is 0 Å². The fourth-order valence-corrected chi connectivity index (χ4v) is 4.16. The van der Waals surface area contributed by atoms with Crippen LogP contribution < -0.4 is 9.67 Å². The number of aromatic carboxylic acids is 1. The van der Waals surface area contributed by atoms with E-state index in [1.54, 1.807) is 12.1 Å². The van der Waals surface area contributed by atoms with Crippen molar-refractivity contribution in [3.05, 3.63) is 66.2 Å². The number of carbonyl (C=O) groups excluding carboxylic acids is 1. The minimum absolute atomic E-state index is 0.0602. The molecular formula is C19H18AsNO7. The summed E-state index contributed by atoms with van der Waals surface area (Å²) in [5.74, 6) is -1.87. The van der Waals surface area contributed by atoms with Crippen molar-refractivity contribution in [1.29, 1.82) is 0 Å². The summed E-state index contributed by atoms with van der Waals surface area (Å²) < 4.78 is 28.6. The second-order valence-corrected chi connectivity index (χ2v) is 8.99. The molecule has 146 valence electrons. The summed E-state index contributed by atoms with van der Waals surface area (Å²) in [5.41, 5.74) is 0.272. The first-order valence-corrected chi connectivity index (χ1v) is 11.4. The van der Waals surface area contributed by atoms with E-state index in [1.807, 2.05) is 30.3 Å². The summed E-state index contributed by atoms with van der Waals surface area (Å²) in [7, 11) is 0. The molecule has 1 amide bonds. The van der Waals surface area contributed by atoms with Crippen molar-refractivity contribution in [2.24, 2.45) is 0 Å². The van der Waals surface area contributed by atoms with E-state index in [2.05, 4.69) is 5.32 Å². The van der Waals surface area contributed by atoms with E-state index < -0.39 is 36.1 Å². The van der Waals surface area contributed by atoms with Crippen LogP contribution >= 0.6 is 0 Å². The molecule has 0 unspecified atom stereocenters. The van der Waals surface area contributed by atoms with Crippen LogP contribution in [-0.2, 0) is 8.53 Å². The van der Waals surface area contributed by atoms with Crippen LogP contribution in [0, 0.1) is 0 Å². The van der Waals surface area contributed by atoms with Crippen molar-refractivity contribution in [2.75, 3.05) is 5.32 Å². The zero-order valence-corrected chi connectivity index (χ0v) is 16.6. The molecule has 0 aromatic heterocycles. The van der Waals surface area contributed by atoms with Gasteiger partial charge in [-0.3, -0.25) is 0 Å². The van der Waals surface area contributed by atoms with Gasteiger partial charge in [0.15, 0.2) is 0 Å². The summed E-state index contributed by atoms with van der Waals surface area (Å²) in [6, 6.07) is 16.7. The van der Waals surface area contributed by atoms with Crippen LogP contribution in [0.2, 0.25) is 0 Å². The van der Waals surface area contributed by atoms with Crippen molar-refractivity contribution in [1.82, 2.24) is 0 Å². The Morgan fingerprint density at radius 3 is 2.14 bits per heavy atom. The molecule has 3 aromatic carbocycles. The second-order valence-electron chi connectivity index (χ2n) is 5.77.